The molecule has 2 aromatic carbocycles. The van der Waals surface area contributed by atoms with Crippen LogP contribution in [-0.2, 0) is 6.54 Å². The van der Waals surface area contributed by atoms with Crippen molar-refractivity contribution in [2.24, 2.45) is 0 Å². The Kier molecular flexibility index (Phi) is 5.71. The highest BCUT2D eigenvalue weighted by Crippen LogP contribution is 2.16. The summed E-state index contributed by atoms with van der Waals surface area (Å²) in [6.45, 7) is 5.53. The molecular weight excluding hydrogens is 367 g/mol. The molecule has 0 saturated carbocycles. The van der Waals surface area contributed by atoms with Crippen LogP contribution >= 0.6 is 0 Å². The van der Waals surface area contributed by atoms with Crippen molar-refractivity contribution in [2.45, 2.75) is 19.9 Å². The summed E-state index contributed by atoms with van der Waals surface area (Å²) in [5, 5.41) is 4.30. The molecule has 1 aliphatic heterocycles. The number of halogens is 1. The van der Waals surface area contributed by atoms with E-state index in [1.165, 1.54) is 6.07 Å². The lowest BCUT2D eigenvalue weighted by molar-refractivity contribution is 0.0761. The van der Waals surface area contributed by atoms with Gasteiger partial charge in [0, 0.05) is 55.7 Å². The lowest BCUT2D eigenvalue weighted by Gasteiger charge is -2.22. The molecule has 0 radical (unpaired) electrons. The van der Waals surface area contributed by atoms with Gasteiger partial charge in [0.15, 0.2) is 0 Å². The van der Waals surface area contributed by atoms with Crippen LogP contribution in [0.15, 0.2) is 60.8 Å². The first kappa shape index (κ1) is 19.3. The Labute approximate surface area is 170 Å². The minimum Gasteiger partial charge on any atom is -0.337 e. The second-order valence-corrected chi connectivity index (χ2v) is 7.44. The molecule has 1 aliphatic rings. The second-order valence-electron chi connectivity index (χ2n) is 7.44. The maximum Gasteiger partial charge on any atom is 0.253 e. The molecule has 3 aromatic rings. The molecule has 1 fully saturated rings. The zero-order valence-electron chi connectivity index (χ0n) is 16.6. The molecule has 6 heteroatoms. The third kappa shape index (κ3) is 4.38. The number of carbonyl (C=O) groups excluding carboxylic acids is 1. The van der Waals surface area contributed by atoms with Crippen molar-refractivity contribution in [1.29, 1.82) is 0 Å². The van der Waals surface area contributed by atoms with Gasteiger partial charge in [0.2, 0.25) is 0 Å². The van der Waals surface area contributed by atoms with Crippen molar-refractivity contribution >= 4 is 5.91 Å². The molecule has 1 amide bonds. The molecule has 4 rings (SSSR count). The van der Waals surface area contributed by atoms with Gasteiger partial charge in [-0.1, -0.05) is 18.2 Å². The topological polar surface area (TPSA) is 41.4 Å². The molecule has 0 bridgehead atoms. The summed E-state index contributed by atoms with van der Waals surface area (Å²) < 4.78 is 15.8. The highest BCUT2D eigenvalue weighted by atomic mass is 19.1. The van der Waals surface area contributed by atoms with E-state index in [0.717, 1.165) is 30.9 Å². The summed E-state index contributed by atoms with van der Waals surface area (Å²) >= 11 is 0. The Morgan fingerprint density at radius 1 is 1.00 bits per heavy atom. The minimum absolute atomic E-state index is 0.0430. The Morgan fingerprint density at radius 2 is 1.79 bits per heavy atom. The molecule has 0 spiro atoms. The summed E-state index contributed by atoms with van der Waals surface area (Å²) in [6.07, 6.45) is 2.64. The van der Waals surface area contributed by atoms with Crippen molar-refractivity contribution in [2.75, 3.05) is 26.2 Å². The monoisotopic (exact) mass is 392 g/mol. The molecule has 29 heavy (non-hydrogen) atoms. The lowest BCUT2D eigenvalue weighted by atomic mass is 10.1. The van der Waals surface area contributed by atoms with Gasteiger partial charge in [-0.3, -0.25) is 9.69 Å². The van der Waals surface area contributed by atoms with E-state index in [0.29, 0.717) is 30.8 Å². The summed E-state index contributed by atoms with van der Waals surface area (Å²) in [5.41, 5.74) is 3.38. The number of amides is 1. The summed E-state index contributed by atoms with van der Waals surface area (Å²) in [4.78, 5) is 17.1. The molecule has 0 aliphatic carbocycles. The van der Waals surface area contributed by atoms with E-state index in [1.807, 2.05) is 59.0 Å². The number of aryl methyl sites for hydroxylation is 1. The molecule has 1 aromatic heterocycles. The molecule has 1 saturated heterocycles. The maximum absolute atomic E-state index is 13.9. The van der Waals surface area contributed by atoms with E-state index in [-0.39, 0.29) is 11.7 Å². The van der Waals surface area contributed by atoms with Crippen LogP contribution in [0.5, 0.6) is 0 Å². The van der Waals surface area contributed by atoms with Gasteiger partial charge in [-0.05, 0) is 49.7 Å². The molecule has 0 unspecified atom stereocenters. The zero-order chi connectivity index (χ0) is 20.2. The van der Waals surface area contributed by atoms with Gasteiger partial charge >= 0.3 is 0 Å². The third-order valence-corrected chi connectivity index (χ3v) is 5.42. The van der Waals surface area contributed by atoms with Gasteiger partial charge in [0.1, 0.15) is 5.82 Å². The number of benzene rings is 2. The highest BCUT2D eigenvalue weighted by molar-refractivity contribution is 5.94. The van der Waals surface area contributed by atoms with Gasteiger partial charge in [-0.25, -0.2) is 9.07 Å². The van der Waals surface area contributed by atoms with Crippen LogP contribution in [-0.4, -0.2) is 51.7 Å². The Morgan fingerprint density at radius 3 is 2.52 bits per heavy atom. The normalized spacial score (nSPS) is 15.3. The fraction of sp³-hybridized carbons (Fsp3) is 0.304. The van der Waals surface area contributed by atoms with Crippen LogP contribution in [0.3, 0.4) is 0 Å². The predicted octanol–water partition coefficient (Wildman–Crippen LogP) is 3.67. The summed E-state index contributed by atoms with van der Waals surface area (Å²) in [7, 11) is 0. The van der Waals surface area contributed by atoms with Gasteiger partial charge in [0.05, 0.1) is 5.69 Å². The van der Waals surface area contributed by atoms with Gasteiger partial charge in [-0.2, -0.15) is 5.10 Å². The fourth-order valence-corrected chi connectivity index (χ4v) is 3.77. The van der Waals surface area contributed by atoms with Crippen LogP contribution in [0.25, 0.3) is 5.69 Å². The van der Waals surface area contributed by atoms with E-state index < -0.39 is 0 Å². The quantitative estimate of drug-likeness (QED) is 0.680. The standard InChI is InChI=1S/C23H25FN4O/c1-18-11-12-25-28(18)21-9-7-19(8-10-21)23(29)27-14-4-13-26(15-16-27)17-20-5-2-3-6-22(20)24/h2-3,5-12H,4,13-17H2,1H3. The number of rotatable bonds is 4. The van der Waals surface area contributed by atoms with Crippen molar-refractivity contribution in [3.05, 3.63) is 83.4 Å². The fourth-order valence-electron chi connectivity index (χ4n) is 3.77. The van der Waals surface area contributed by atoms with Crippen LogP contribution < -0.4 is 0 Å². The van der Waals surface area contributed by atoms with Gasteiger partial charge < -0.3 is 4.90 Å². The highest BCUT2D eigenvalue weighted by Gasteiger charge is 2.21. The number of carbonyl (C=O) groups is 1. The van der Waals surface area contributed by atoms with Crippen molar-refractivity contribution in [3.8, 4) is 5.69 Å². The average molecular weight is 392 g/mol. The Bertz CT molecular complexity index is 983. The first-order valence-electron chi connectivity index (χ1n) is 9.98. The van der Waals surface area contributed by atoms with Crippen molar-refractivity contribution in [1.82, 2.24) is 19.6 Å². The first-order chi connectivity index (χ1) is 14.1. The average Bonchev–Trinajstić information content (AvgIpc) is 3.03. The predicted molar refractivity (Wildman–Crippen MR) is 110 cm³/mol. The van der Waals surface area contributed by atoms with Crippen molar-refractivity contribution in [3.63, 3.8) is 0 Å². The van der Waals surface area contributed by atoms with Crippen LogP contribution in [0.1, 0.15) is 28.0 Å². The lowest BCUT2D eigenvalue weighted by Crippen LogP contribution is -2.35. The molecule has 0 atom stereocenters. The largest absolute Gasteiger partial charge is 0.337 e. The smallest absolute Gasteiger partial charge is 0.253 e. The van der Waals surface area contributed by atoms with E-state index >= 15 is 0 Å². The third-order valence-electron chi connectivity index (χ3n) is 5.42. The van der Waals surface area contributed by atoms with E-state index in [1.54, 1.807) is 12.3 Å². The zero-order valence-corrected chi connectivity index (χ0v) is 16.6. The van der Waals surface area contributed by atoms with Crippen molar-refractivity contribution < 1.29 is 9.18 Å². The molecule has 5 nitrogen and oxygen atoms in total. The summed E-state index contributed by atoms with van der Waals surface area (Å²) in [5.74, 6) is -0.126. The number of aromatic nitrogens is 2. The maximum atomic E-state index is 13.9. The van der Waals surface area contributed by atoms with E-state index in [9.17, 15) is 9.18 Å². The van der Waals surface area contributed by atoms with E-state index in [4.69, 9.17) is 0 Å². The minimum atomic E-state index is -0.169. The molecule has 0 N–H and O–H groups in total. The first-order valence-corrected chi connectivity index (χ1v) is 9.98. The van der Waals surface area contributed by atoms with Crippen LogP contribution in [0.4, 0.5) is 4.39 Å². The van der Waals surface area contributed by atoms with Crippen LogP contribution in [0, 0.1) is 12.7 Å². The number of hydrogen-bond acceptors (Lipinski definition) is 3. The number of nitrogens with zero attached hydrogens (tertiary/aromatic N) is 4. The molecule has 2 heterocycles. The second kappa shape index (κ2) is 8.57. The van der Waals surface area contributed by atoms with E-state index in [2.05, 4.69) is 10.00 Å². The Hall–Kier alpha value is -2.99. The Balaban J connectivity index is 1.39. The summed E-state index contributed by atoms with van der Waals surface area (Å²) in [6, 6.07) is 16.4. The van der Waals surface area contributed by atoms with Gasteiger partial charge in [0.25, 0.3) is 5.91 Å². The van der Waals surface area contributed by atoms with Gasteiger partial charge in [-0.15, -0.1) is 0 Å². The van der Waals surface area contributed by atoms with Crippen LogP contribution in [0.2, 0.25) is 0 Å². The number of hydrogen-bond donors (Lipinski definition) is 0. The molecular formula is C23H25FN4O. The SMILES string of the molecule is Cc1ccnn1-c1ccc(C(=O)N2CCCN(Cc3ccccc3F)CC2)cc1. The molecule has 150 valence electrons.